The van der Waals surface area contributed by atoms with Gasteiger partial charge in [-0.05, 0) is 140 Å². The Hall–Kier alpha value is -8.92. The Labute approximate surface area is 388 Å². The Kier molecular flexibility index (Phi) is 9.17. The number of aromatic nitrogens is 1. The van der Waals surface area contributed by atoms with Gasteiger partial charge in [0.1, 0.15) is 11.2 Å². The van der Waals surface area contributed by atoms with E-state index < -0.39 is 0 Å². The van der Waals surface area contributed by atoms with Gasteiger partial charge >= 0.3 is 0 Å². The molecule has 314 valence electrons. The number of benzene rings is 11. The van der Waals surface area contributed by atoms with Gasteiger partial charge in [-0.3, -0.25) is 0 Å². The molecular formula is C64H42N2O. The van der Waals surface area contributed by atoms with Crippen molar-refractivity contribution in [1.29, 1.82) is 0 Å². The van der Waals surface area contributed by atoms with Gasteiger partial charge < -0.3 is 13.9 Å². The Bertz CT molecular complexity index is 3900. The molecule has 0 atom stereocenters. The topological polar surface area (TPSA) is 21.3 Å². The van der Waals surface area contributed by atoms with Gasteiger partial charge in [-0.15, -0.1) is 0 Å². The van der Waals surface area contributed by atoms with E-state index in [1.807, 2.05) is 12.1 Å². The first-order valence-electron chi connectivity index (χ1n) is 22.9. The van der Waals surface area contributed by atoms with E-state index in [-0.39, 0.29) is 0 Å². The van der Waals surface area contributed by atoms with Crippen molar-refractivity contribution in [2.75, 3.05) is 4.90 Å². The van der Waals surface area contributed by atoms with Gasteiger partial charge in [0.25, 0.3) is 0 Å². The highest BCUT2D eigenvalue weighted by atomic mass is 16.3. The number of nitrogens with zero attached hydrogens (tertiary/aromatic N) is 2. The van der Waals surface area contributed by atoms with Gasteiger partial charge in [0.15, 0.2) is 0 Å². The van der Waals surface area contributed by atoms with E-state index in [0.29, 0.717) is 0 Å². The fraction of sp³-hybridized carbons (Fsp3) is 0. The molecule has 0 N–H and O–H groups in total. The first kappa shape index (κ1) is 38.5. The van der Waals surface area contributed by atoms with Gasteiger partial charge in [0, 0.05) is 44.3 Å². The monoisotopic (exact) mass is 854 g/mol. The van der Waals surface area contributed by atoms with E-state index >= 15 is 0 Å². The fourth-order valence-corrected chi connectivity index (χ4v) is 10.0. The molecule has 2 aromatic heterocycles. The molecule has 2 heterocycles. The minimum absolute atomic E-state index is 0.908. The average molecular weight is 855 g/mol. The molecule has 0 saturated heterocycles. The lowest BCUT2D eigenvalue weighted by Crippen LogP contribution is -2.09. The SMILES string of the molecule is c1cc(-c2ccc(N(c3ccc(-c4ccc(-c5ccc6c(c5)oc5ccccc56)cc4)cc3)c3ccc(-c4ccc5ccccc5c4)cc3)cc2)cc(-n2c3ccccc3c3ccccc32)c1. The van der Waals surface area contributed by atoms with E-state index in [4.69, 9.17) is 4.42 Å². The van der Waals surface area contributed by atoms with Crippen molar-refractivity contribution in [2.24, 2.45) is 0 Å². The first-order valence-corrected chi connectivity index (χ1v) is 22.9. The van der Waals surface area contributed by atoms with Crippen LogP contribution in [0.25, 0.3) is 105 Å². The predicted octanol–water partition coefficient (Wildman–Crippen LogP) is 18.0. The van der Waals surface area contributed by atoms with Crippen LogP contribution in [-0.4, -0.2) is 4.57 Å². The zero-order valence-corrected chi connectivity index (χ0v) is 36.6. The van der Waals surface area contributed by atoms with E-state index in [0.717, 1.165) is 66.9 Å². The molecule has 13 rings (SSSR count). The van der Waals surface area contributed by atoms with Gasteiger partial charge in [-0.25, -0.2) is 0 Å². The smallest absolute Gasteiger partial charge is 0.136 e. The standard InChI is InChI=1S/C64H42N2O/c1-2-11-49-40-51(25-24-43(49)10-1)48-30-37-55(38-31-48)65(53-33-26-45(27-34-53)44-20-22-46(23-21-44)52-32-39-60-59-16-5-8-19-63(59)67-64(60)42-52)54-35-28-47(29-36-54)50-12-9-13-56(41-50)66-61-17-6-3-14-57(61)58-15-4-7-18-62(58)66/h1-42H. The molecule has 67 heavy (non-hydrogen) atoms. The molecule has 3 heteroatoms. The summed E-state index contributed by atoms with van der Waals surface area (Å²) >= 11 is 0. The highest BCUT2D eigenvalue weighted by molar-refractivity contribution is 6.09. The summed E-state index contributed by atoms with van der Waals surface area (Å²) in [6.45, 7) is 0. The zero-order chi connectivity index (χ0) is 44.3. The molecule has 0 bridgehead atoms. The Balaban J connectivity index is 0.831. The Morgan fingerprint density at radius 1 is 0.269 bits per heavy atom. The molecule has 0 radical (unpaired) electrons. The summed E-state index contributed by atoms with van der Waals surface area (Å²) in [5, 5.41) is 7.30. The van der Waals surface area contributed by atoms with Crippen LogP contribution in [0.2, 0.25) is 0 Å². The molecule has 0 spiro atoms. The highest BCUT2D eigenvalue weighted by Crippen LogP contribution is 2.40. The Morgan fingerprint density at radius 2 is 0.701 bits per heavy atom. The van der Waals surface area contributed by atoms with Crippen LogP contribution >= 0.6 is 0 Å². The fourth-order valence-electron chi connectivity index (χ4n) is 10.0. The van der Waals surface area contributed by atoms with E-state index in [2.05, 4.69) is 252 Å². The average Bonchev–Trinajstić information content (AvgIpc) is 3.95. The van der Waals surface area contributed by atoms with E-state index in [1.165, 1.54) is 54.8 Å². The minimum atomic E-state index is 0.908. The van der Waals surface area contributed by atoms with Gasteiger partial charge in [-0.1, -0.05) is 170 Å². The molecule has 0 unspecified atom stereocenters. The van der Waals surface area contributed by atoms with E-state index in [9.17, 15) is 0 Å². The molecular weight excluding hydrogens is 813 g/mol. The second-order valence-electron chi connectivity index (χ2n) is 17.3. The highest BCUT2D eigenvalue weighted by Gasteiger charge is 2.16. The summed E-state index contributed by atoms with van der Waals surface area (Å²) in [5.74, 6) is 0. The van der Waals surface area contributed by atoms with E-state index in [1.54, 1.807) is 0 Å². The van der Waals surface area contributed by atoms with Gasteiger partial charge in [0.05, 0.1) is 11.0 Å². The summed E-state index contributed by atoms with van der Waals surface area (Å²) in [6.07, 6.45) is 0. The second kappa shape index (κ2) is 16.0. The lowest BCUT2D eigenvalue weighted by Gasteiger charge is -2.26. The number of hydrogen-bond acceptors (Lipinski definition) is 2. The molecule has 13 aromatic rings. The summed E-state index contributed by atoms with van der Waals surface area (Å²) < 4.78 is 8.59. The molecule has 0 aliphatic rings. The summed E-state index contributed by atoms with van der Waals surface area (Å²) in [4.78, 5) is 2.35. The summed E-state index contributed by atoms with van der Waals surface area (Å²) in [5.41, 5.74) is 18.0. The maximum atomic E-state index is 6.20. The molecule has 0 aliphatic carbocycles. The van der Waals surface area contributed by atoms with Crippen molar-refractivity contribution in [2.45, 2.75) is 0 Å². The molecule has 0 amide bonds. The molecule has 11 aromatic carbocycles. The van der Waals surface area contributed by atoms with Gasteiger partial charge in [0.2, 0.25) is 0 Å². The number of fused-ring (bicyclic) bond motifs is 7. The molecule has 3 nitrogen and oxygen atoms in total. The second-order valence-corrected chi connectivity index (χ2v) is 17.3. The van der Waals surface area contributed by atoms with Crippen molar-refractivity contribution < 1.29 is 4.42 Å². The molecule has 0 fully saturated rings. The van der Waals surface area contributed by atoms with Crippen molar-refractivity contribution in [1.82, 2.24) is 4.57 Å². The summed E-state index contributed by atoms with van der Waals surface area (Å²) in [7, 11) is 0. The van der Waals surface area contributed by atoms with Crippen molar-refractivity contribution >= 4 is 71.6 Å². The van der Waals surface area contributed by atoms with Crippen LogP contribution in [0.4, 0.5) is 17.1 Å². The normalized spacial score (nSPS) is 11.6. The van der Waals surface area contributed by atoms with Gasteiger partial charge in [-0.2, -0.15) is 0 Å². The third kappa shape index (κ3) is 6.84. The quantitative estimate of drug-likeness (QED) is 0.152. The predicted molar refractivity (Wildman–Crippen MR) is 282 cm³/mol. The minimum Gasteiger partial charge on any atom is -0.456 e. The number of hydrogen-bond donors (Lipinski definition) is 0. The van der Waals surface area contributed by atoms with Crippen LogP contribution in [0.5, 0.6) is 0 Å². The van der Waals surface area contributed by atoms with Crippen LogP contribution in [-0.2, 0) is 0 Å². The maximum absolute atomic E-state index is 6.20. The third-order valence-electron chi connectivity index (χ3n) is 13.4. The number of furan rings is 1. The molecule has 0 saturated carbocycles. The van der Waals surface area contributed by atoms with Crippen molar-refractivity contribution in [3.63, 3.8) is 0 Å². The number of rotatable bonds is 8. The zero-order valence-electron chi connectivity index (χ0n) is 36.6. The third-order valence-corrected chi connectivity index (χ3v) is 13.4. The van der Waals surface area contributed by atoms with Crippen LogP contribution in [0.3, 0.4) is 0 Å². The number of anilines is 3. The lowest BCUT2D eigenvalue weighted by atomic mass is 9.99. The van der Waals surface area contributed by atoms with Crippen LogP contribution in [0, 0.1) is 0 Å². The maximum Gasteiger partial charge on any atom is 0.136 e. The van der Waals surface area contributed by atoms with Crippen molar-refractivity contribution in [3.05, 3.63) is 255 Å². The van der Waals surface area contributed by atoms with Crippen LogP contribution in [0.1, 0.15) is 0 Å². The van der Waals surface area contributed by atoms with Crippen molar-refractivity contribution in [3.8, 4) is 50.2 Å². The van der Waals surface area contributed by atoms with Crippen LogP contribution in [0.15, 0.2) is 259 Å². The molecule has 0 aliphatic heterocycles. The largest absolute Gasteiger partial charge is 0.456 e. The Morgan fingerprint density at radius 3 is 1.31 bits per heavy atom. The summed E-state index contributed by atoms with van der Waals surface area (Å²) in [6, 6.07) is 92.0. The van der Waals surface area contributed by atoms with Crippen LogP contribution < -0.4 is 4.90 Å². The number of para-hydroxylation sites is 3. The lowest BCUT2D eigenvalue weighted by molar-refractivity contribution is 0.669. The first-order chi connectivity index (χ1) is 33.2.